The van der Waals surface area contributed by atoms with Crippen LogP contribution in [0.15, 0.2) is 29.2 Å². The van der Waals surface area contributed by atoms with Crippen LogP contribution in [0, 0.1) is 0 Å². The topological polar surface area (TPSA) is 46.2 Å². The first-order chi connectivity index (χ1) is 8.62. The molecule has 0 heterocycles. The van der Waals surface area contributed by atoms with Crippen molar-refractivity contribution in [3.63, 3.8) is 0 Å². The van der Waals surface area contributed by atoms with E-state index in [4.69, 9.17) is 0 Å². The maximum atomic E-state index is 12.8. The van der Waals surface area contributed by atoms with Crippen molar-refractivity contribution in [1.82, 2.24) is 5.32 Å². The first kappa shape index (κ1) is 16.0. The highest BCUT2D eigenvalue weighted by Crippen LogP contribution is 2.35. The third-order valence-electron chi connectivity index (χ3n) is 3.15. The van der Waals surface area contributed by atoms with E-state index < -0.39 is 37.8 Å². The number of nitrogens with one attached hydrogen (secondary N) is 1. The predicted molar refractivity (Wildman–Crippen MR) is 66.6 cm³/mol. The second-order valence-corrected chi connectivity index (χ2v) is 6.59. The van der Waals surface area contributed by atoms with E-state index >= 15 is 0 Å². The second-order valence-electron chi connectivity index (χ2n) is 4.32. The monoisotopic (exact) mass is 295 g/mol. The quantitative estimate of drug-likeness (QED) is 0.928. The molecule has 0 aliphatic heterocycles. The summed E-state index contributed by atoms with van der Waals surface area (Å²) in [5, 5.41) is 1.78. The first-order valence-corrected chi connectivity index (χ1v) is 7.24. The molecule has 1 aromatic rings. The lowest BCUT2D eigenvalue weighted by atomic mass is 10.2. The van der Waals surface area contributed by atoms with Crippen molar-refractivity contribution >= 4 is 9.84 Å². The molecule has 0 spiro atoms. The molecule has 3 nitrogen and oxygen atoms in total. The van der Waals surface area contributed by atoms with Crippen LogP contribution in [-0.2, 0) is 16.0 Å². The molecule has 19 heavy (non-hydrogen) atoms. The summed E-state index contributed by atoms with van der Waals surface area (Å²) in [6.45, 7) is 3.00. The van der Waals surface area contributed by atoms with Gasteiger partial charge < -0.3 is 5.32 Å². The van der Waals surface area contributed by atoms with Crippen molar-refractivity contribution in [3.8, 4) is 0 Å². The molecule has 0 saturated heterocycles. The molecule has 2 unspecified atom stereocenters. The van der Waals surface area contributed by atoms with E-state index in [1.165, 1.54) is 19.1 Å². The summed E-state index contributed by atoms with van der Waals surface area (Å²) in [7, 11) is -2.48. The summed E-state index contributed by atoms with van der Waals surface area (Å²) in [6.07, 6.45) is -4.69. The summed E-state index contributed by atoms with van der Waals surface area (Å²) in [5.74, 6) is 0. The smallest absolute Gasteiger partial charge is 0.316 e. The van der Waals surface area contributed by atoms with E-state index in [2.05, 4.69) is 5.32 Å². The standard InChI is InChI=1S/C12H16F3NO2S/c1-8(16-3)9(2)19(17,18)11-7-5-4-6-10(11)12(13,14)15/h4-9,16H,1-3H3. The van der Waals surface area contributed by atoms with Gasteiger partial charge in [-0.1, -0.05) is 12.1 Å². The zero-order chi connectivity index (χ0) is 14.8. The van der Waals surface area contributed by atoms with Crippen LogP contribution in [0.3, 0.4) is 0 Å². The highest BCUT2D eigenvalue weighted by Gasteiger charge is 2.39. The minimum atomic E-state index is -4.69. The number of hydrogen-bond acceptors (Lipinski definition) is 3. The van der Waals surface area contributed by atoms with E-state index in [0.29, 0.717) is 0 Å². The predicted octanol–water partition coefficient (Wildman–Crippen LogP) is 2.48. The SMILES string of the molecule is CNC(C)C(C)S(=O)(=O)c1ccccc1C(F)(F)F. The number of rotatable bonds is 4. The van der Waals surface area contributed by atoms with E-state index in [9.17, 15) is 21.6 Å². The molecule has 1 rings (SSSR count). The maximum Gasteiger partial charge on any atom is 0.417 e. The van der Waals surface area contributed by atoms with Gasteiger partial charge in [-0.3, -0.25) is 0 Å². The Balaban J connectivity index is 3.38. The van der Waals surface area contributed by atoms with Crippen LogP contribution < -0.4 is 5.32 Å². The van der Waals surface area contributed by atoms with Gasteiger partial charge in [0.1, 0.15) is 0 Å². The molecule has 0 aliphatic rings. The minimum absolute atomic E-state index is 0.453. The summed E-state index contributed by atoms with van der Waals surface area (Å²) in [5.41, 5.74) is -1.12. The van der Waals surface area contributed by atoms with Crippen molar-refractivity contribution in [2.45, 2.75) is 36.2 Å². The summed E-state index contributed by atoms with van der Waals surface area (Å²) in [6, 6.07) is 3.79. The van der Waals surface area contributed by atoms with Crippen LogP contribution in [0.1, 0.15) is 19.4 Å². The number of hydrogen-bond donors (Lipinski definition) is 1. The van der Waals surface area contributed by atoms with Crippen LogP contribution in [0.4, 0.5) is 13.2 Å². The molecule has 108 valence electrons. The highest BCUT2D eigenvalue weighted by atomic mass is 32.2. The fourth-order valence-electron chi connectivity index (χ4n) is 1.65. The van der Waals surface area contributed by atoms with Crippen molar-refractivity contribution in [2.24, 2.45) is 0 Å². The minimum Gasteiger partial charge on any atom is -0.316 e. The normalized spacial score (nSPS) is 16.1. The molecule has 1 N–H and O–H groups in total. The molecule has 7 heteroatoms. The number of halogens is 3. The molecule has 0 aromatic heterocycles. The van der Waals surface area contributed by atoms with Gasteiger partial charge in [-0.15, -0.1) is 0 Å². The number of benzene rings is 1. The van der Waals surface area contributed by atoms with Crippen LogP contribution in [-0.4, -0.2) is 26.8 Å². The van der Waals surface area contributed by atoms with Gasteiger partial charge in [-0.2, -0.15) is 13.2 Å². The Morgan fingerprint density at radius 1 is 1.16 bits per heavy atom. The molecule has 0 radical (unpaired) electrons. The number of alkyl halides is 3. The Bertz CT molecular complexity index is 540. The maximum absolute atomic E-state index is 12.8. The fraction of sp³-hybridized carbons (Fsp3) is 0.500. The molecule has 0 amide bonds. The Hall–Kier alpha value is -1.08. The molecule has 1 aromatic carbocycles. The van der Waals surface area contributed by atoms with E-state index in [-0.39, 0.29) is 0 Å². The third kappa shape index (κ3) is 3.27. The van der Waals surface area contributed by atoms with Gasteiger partial charge in [0, 0.05) is 6.04 Å². The second kappa shape index (κ2) is 5.50. The zero-order valence-electron chi connectivity index (χ0n) is 10.8. The van der Waals surface area contributed by atoms with Gasteiger partial charge in [-0.25, -0.2) is 8.42 Å². The summed E-state index contributed by atoms with van der Waals surface area (Å²) >= 11 is 0. The van der Waals surface area contributed by atoms with E-state index in [0.717, 1.165) is 12.1 Å². The largest absolute Gasteiger partial charge is 0.417 e. The molecule has 0 aliphatic carbocycles. The highest BCUT2D eigenvalue weighted by molar-refractivity contribution is 7.92. The van der Waals surface area contributed by atoms with Crippen molar-refractivity contribution in [1.29, 1.82) is 0 Å². The van der Waals surface area contributed by atoms with Gasteiger partial charge in [0.2, 0.25) is 0 Å². The first-order valence-electron chi connectivity index (χ1n) is 5.69. The zero-order valence-corrected chi connectivity index (χ0v) is 11.6. The van der Waals surface area contributed by atoms with Gasteiger partial charge in [0.25, 0.3) is 0 Å². The molecular formula is C12H16F3NO2S. The Labute approximate surface area is 110 Å². The Morgan fingerprint density at radius 2 is 1.68 bits per heavy atom. The number of sulfone groups is 1. The van der Waals surface area contributed by atoms with Gasteiger partial charge in [0.05, 0.1) is 15.7 Å². The van der Waals surface area contributed by atoms with Gasteiger partial charge in [0.15, 0.2) is 9.84 Å². The lowest BCUT2D eigenvalue weighted by Gasteiger charge is -2.21. The van der Waals surface area contributed by atoms with Gasteiger partial charge >= 0.3 is 6.18 Å². The molecular weight excluding hydrogens is 279 g/mol. The van der Waals surface area contributed by atoms with Crippen molar-refractivity contribution in [3.05, 3.63) is 29.8 Å². The lowest BCUT2D eigenvalue weighted by Crippen LogP contribution is -2.38. The average molecular weight is 295 g/mol. The van der Waals surface area contributed by atoms with Gasteiger partial charge in [-0.05, 0) is 33.0 Å². The summed E-state index contributed by atoms with van der Waals surface area (Å²) in [4.78, 5) is -0.669. The van der Waals surface area contributed by atoms with Crippen molar-refractivity contribution < 1.29 is 21.6 Å². The van der Waals surface area contributed by atoms with Crippen LogP contribution in [0.5, 0.6) is 0 Å². The van der Waals surface area contributed by atoms with Crippen molar-refractivity contribution in [2.75, 3.05) is 7.05 Å². The fourth-order valence-corrected chi connectivity index (χ4v) is 3.49. The lowest BCUT2D eigenvalue weighted by molar-refractivity contribution is -0.139. The molecule has 0 bridgehead atoms. The van der Waals surface area contributed by atoms with E-state index in [1.807, 2.05) is 0 Å². The van der Waals surface area contributed by atoms with Crippen LogP contribution in [0.25, 0.3) is 0 Å². The molecule has 2 atom stereocenters. The van der Waals surface area contributed by atoms with Crippen LogP contribution >= 0.6 is 0 Å². The Kier molecular flexibility index (Phi) is 4.63. The van der Waals surface area contributed by atoms with E-state index in [1.54, 1.807) is 14.0 Å². The molecule has 0 saturated carbocycles. The third-order valence-corrected chi connectivity index (χ3v) is 5.50. The average Bonchev–Trinajstić information content (AvgIpc) is 2.35. The molecule has 0 fully saturated rings. The Morgan fingerprint density at radius 3 is 2.16 bits per heavy atom. The summed E-state index contributed by atoms with van der Waals surface area (Å²) < 4.78 is 63.1. The van der Waals surface area contributed by atoms with Crippen LogP contribution in [0.2, 0.25) is 0 Å².